The van der Waals surface area contributed by atoms with E-state index in [9.17, 15) is 9.59 Å². The van der Waals surface area contributed by atoms with E-state index in [1.807, 2.05) is 17.0 Å². The molecule has 1 aromatic heterocycles. The first kappa shape index (κ1) is 24.5. The summed E-state index contributed by atoms with van der Waals surface area (Å²) < 4.78 is 6.21. The van der Waals surface area contributed by atoms with Gasteiger partial charge in [0.15, 0.2) is 5.13 Å². The first-order valence-electron chi connectivity index (χ1n) is 12.4. The molecule has 1 atom stereocenters. The van der Waals surface area contributed by atoms with Crippen molar-refractivity contribution in [1.29, 1.82) is 0 Å². The van der Waals surface area contributed by atoms with E-state index in [4.69, 9.17) is 10.5 Å². The highest BCUT2D eigenvalue weighted by Gasteiger charge is 2.42. The molecule has 0 unspecified atom stereocenters. The molecule has 0 bridgehead atoms. The number of nitrogens with two attached hydrogens (primary N) is 1. The molecule has 8 heteroatoms. The van der Waals surface area contributed by atoms with Gasteiger partial charge < -0.3 is 20.7 Å². The zero-order chi connectivity index (χ0) is 24.1. The van der Waals surface area contributed by atoms with Crippen LogP contribution >= 0.6 is 11.3 Å². The monoisotopic (exact) mass is 484 g/mol. The lowest BCUT2D eigenvalue weighted by atomic mass is 9.73. The summed E-state index contributed by atoms with van der Waals surface area (Å²) in [6, 6.07) is 8.19. The van der Waals surface area contributed by atoms with E-state index in [-0.39, 0.29) is 17.9 Å². The van der Waals surface area contributed by atoms with Crippen LogP contribution in [-0.4, -0.2) is 47.4 Å². The topological polar surface area (TPSA) is 97.6 Å². The van der Waals surface area contributed by atoms with Crippen molar-refractivity contribution >= 4 is 28.3 Å². The van der Waals surface area contributed by atoms with Crippen molar-refractivity contribution in [2.24, 2.45) is 11.3 Å². The van der Waals surface area contributed by atoms with Gasteiger partial charge in [-0.3, -0.25) is 9.59 Å². The van der Waals surface area contributed by atoms with Gasteiger partial charge >= 0.3 is 0 Å². The number of piperidine rings is 1. The number of anilines is 1. The van der Waals surface area contributed by atoms with Crippen LogP contribution in [0.1, 0.15) is 68.4 Å². The summed E-state index contributed by atoms with van der Waals surface area (Å²) >= 11 is 1.28. The van der Waals surface area contributed by atoms with Crippen molar-refractivity contribution < 1.29 is 14.3 Å². The SMILES string of the molecule is CC(C)C[C@H]1COc2ccccc2CCCCC2(CCN(C(=O)c3csc(N)n3)CC2)C(=O)N1. The highest BCUT2D eigenvalue weighted by Crippen LogP contribution is 2.38. The Morgan fingerprint density at radius 1 is 1.26 bits per heavy atom. The van der Waals surface area contributed by atoms with Crippen molar-refractivity contribution in [3.8, 4) is 5.75 Å². The van der Waals surface area contributed by atoms with Crippen LogP contribution in [0.25, 0.3) is 0 Å². The molecule has 34 heavy (non-hydrogen) atoms. The Kier molecular flexibility index (Phi) is 7.76. The van der Waals surface area contributed by atoms with Crippen molar-refractivity contribution in [1.82, 2.24) is 15.2 Å². The molecular weight excluding hydrogens is 448 g/mol. The number of likely N-dealkylation sites (tertiary alicyclic amines) is 1. The standard InChI is InChI=1S/C26H36N4O3S/c1-18(2)15-20-16-33-22-9-4-3-7-19(22)8-5-6-10-26(24(32)28-20)11-13-30(14-12-26)23(31)21-17-34-25(27)29-21/h3-4,7,9,17-18,20H,5-6,8,10-16H2,1-2H3,(H2,27,29)(H,28,32)/t20-/m0/s1. The van der Waals surface area contributed by atoms with Crippen LogP contribution in [0.2, 0.25) is 0 Å². The highest BCUT2D eigenvalue weighted by molar-refractivity contribution is 7.13. The average Bonchev–Trinajstić information content (AvgIpc) is 3.26. The molecule has 2 amide bonds. The zero-order valence-electron chi connectivity index (χ0n) is 20.2. The van der Waals surface area contributed by atoms with Gasteiger partial charge in [-0.2, -0.15) is 0 Å². The van der Waals surface area contributed by atoms with Gasteiger partial charge in [0.25, 0.3) is 5.91 Å². The Morgan fingerprint density at radius 2 is 2.03 bits per heavy atom. The van der Waals surface area contributed by atoms with E-state index >= 15 is 0 Å². The minimum Gasteiger partial charge on any atom is -0.491 e. The Hall–Kier alpha value is -2.61. The fourth-order valence-corrected chi connectivity index (χ4v) is 5.71. The van der Waals surface area contributed by atoms with Crippen molar-refractivity contribution in [3.05, 3.63) is 40.9 Å². The number of ether oxygens (including phenoxy) is 1. The molecule has 7 nitrogen and oxygen atoms in total. The van der Waals surface area contributed by atoms with Gasteiger partial charge in [0.05, 0.1) is 11.5 Å². The number of aryl methyl sites for hydroxylation is 1. The van der Waals surface area contributed by atoms with Gasteiger partial charge in [-0.25, -0.2) is 4.98 Å². The van der Waals surface area contributed by atoms with Gasteiger partial charge in [-0.1, -0.05) is 38.5 Å². The number of hydrogen-bond donors (Lipinski definition) is 2. The van der Waals surface area contributed by atoms with Crippen LogP contribution in [0.3, 0.4) is 0 Å². The molecule has 0 aliphatic carbocycles. The third-order valence-electron chi connectivity index (χ3n) is 7.09. The quantitative estimate of drug-likeness (QED) is 0.678. The number of nitrogen functional groups attached to an aromatic ring is 1. The van der Waals surface area contributed by atoms with Gasteiger partial charge in [0, 0.05) is 18.5 Å². The number of fused-ring (bicyclic) bond motifs is 1. The first-order valence-corrected chi connectivity index (χ1v) is 13.3. The lowest BCUT2D eigenvalue weighted by Gasteiger charge is -2.41. The molecular formula is C26H36N4O3S. The number of para-hydroxylation sites is 1. The van der Waals surface area contributed by atoms with Gasteiger partial charge in [-0.15, -0.1) is 11.3 Å². The second-order valence-corrected chi connectivity index (χ2v) is 11.0. The molecule has 3 heterocycles. The number of rotatable bonds is 3. The second kappa shape index (κ2) is 10.8. The molecule has 4 rings (SSSR count). The molecule has 2 aromatic rings. The Morgan fingerprint density at radius 3 is 2.74 bits per heavy atom. The number of carbonyl (C=O) groups excluding carboxylic acids is 2. The van der Waals surface area contributed by atoms with Crippen LogP contribution in [0, 0.1) is 11.3 Å². The third kappa shape index (κ3) is 5.71. The van der Waals surface area contributed by atoms with Crippen molar-refractivity contribution in [3.63, 3.8) is 0 Å². The summed E-state index contributed by atoms with van der Waals surface area (Å²) in [5, 5.41) is 5.45. The van der Waals surface area contributed by atoms with E-state index in [2.05, 4.69) is 36.3 Å². The normalized spacial score (nSPS) is 21.2. The Bertz CT molecular complexity index is 997. The molecule has 184 valence electrons. The minimum absolute atomic E-state index is 0.0468. The fourth-order valence-electron chi connectivity index (χ4n) is 5.17. The summed E-state index contributed by atoms with van der Waals surface area (Å²) in [4.78, 5) is 32.5. The lowest BCUT2D eigenvalue weighted by molar-refractivity contribution is -0.135. The third-order valence-corrected chi connectivity index (χ3v) is 7.76. The van der Waals surface area contributed by atoms with E-state index < -0.39 is 5.41 Å². The van der Waals surface area contributed by atoms with Crippen LogP contribution in [-0.2, 0) is 11.2 Å². The fraction of sp³-hybridized carbons (Fsp3) is 0.577. The number of hydrogen-bond acceptors (Lipinski definition) is 6. The first-order chi connectivity index (χ1) is 16.4. The molecule has 0 radical (unpaired) electrons. The molecule has 1 aromatic carbocycles. The van der Waals surface area contributed by atoms with Crippen LogP contribution in [0.4, 0.5) is 5.13 Å². The van der Waals surface area contributed by atoms with Crippen molar-refractivity contribution in [2.75, 3.05) is 25.4 Å². The van der Waals surface area contributed by atoms with E-state index in [0.717, 1.165) is 37.9 Å². The van der Waals surface area contributed by atoms with Gasteiger partial charge in [-0.05, 0) is 56.1 Å². The highest BCUT2D eigenvalue weighted by atomic mass is 32.1. The maximum absolute atomic E-state index is 13.7. The summed E-state index contributed by atoms with van der Waals surface area (Å²) in [6.45, 7) is 5.91. The Balaban J connectivity index is 1.50. The molecule has 1 spiro atoms. The number of aromatic nitrogens is 1. The molecule has 1 fully saturated rings. The number of thiazole rings is 1. The zero-order valence-corrected chi connectivity index (χ0v) is 21.0. The van der Waals surface area contributed by atoms with Gasteiger partial charge in [0.1, 0.15) is 18.1 Å². The second-order valence-electron chi connectivity index (χ2n) is 10.1. The molecule has 1 saturated heterocycles. The number of benzene rings is 1. The maximum Gasteiger partial charge on any atom is 0.273 e. The lowest BCUT2D eigenvalue weighted by Crippen LogP contribution is -2.53. The maximum atomic E-state index is 13.7. The Labute approximate surface area is 206 Å². The molecule has 2 aliphatic rings. The molecule has 0 saturated carbocycles. The minimum atomic E-state index is -0.453. The van der Waals surface area contributed by atoms with E-state index in [1.54, 1.807) is 5.38 Å². The van der Waals surface area contributed by atoms with Crippen LogP contribution in [0.5, 0.6) is 5.75 Å². The number of carbonyl (C=O) groups is 2. The average molecular weight is 485 g/mol. The number of nitrogens with one attached hydrogen (secondary N) is 1. The smallest absolute Gasteiger partial charge is 0.273 e. The largest absolute Gasteiger partial charge is 0.491 e. The summed E-state index contributed by atoms with van der Waals surface area (Å²) in [5.74, 6) is 1.38. The summed E-state index contributed by atoms with van der Waals surface area (Å²) in [6.07, 6.45) is 5.94. The number of nitrogens with zero attached hydrogens (tertiary/aromatic N) is 2. The van der Waals surface area contributed by atoms with E-state index in [1.165, 1.54) is 16.9 Å². The molecule has 2 aliphatic heterocycles. The van der Waals surface area contributed by atoms with Crippen molar-refractivity contribution in [2.45, 2.75) is 64.8 Å². The summed E-state index contributed by atoms with van der Waals surface area (Å²) in [5.41, 5.74) is 6.89. The predicted octanol–water partition coefficient (Wildman–Crippen LogP) is 4.28. The van der Waals surface area contributed by atoms with E-state index in [0.29, 0.717) is 49.3 Å². The summed E-state index contributed by atoms with van der Waals surface area (Å²) in [7, 11) is 0. The van der Waals surface area contributed by atoms with Gasteiger partial charge in [0.2, 0.25) is 5.91 Å². The predicted molar refractivity (Wildman–Crippen MR) is 135 cm³/mol. The van der Waals surface area contributed by atoms with Crippen LogP contribution < -0.4 is 15.8 Å². The van der Waals surface area contributed by atoms with Crippen LogP contribution in [0.15, 0.2) is 29.6 Å². The number of amides is 2. The molecule has 3 N–H and O–H groups in total.